The third-order valence-corrected chi connectivity index (χ3v) is 3.83. The van der Waals surface area contributed by atoms with Gasteiger partial charge < -0.3 is 0 Å². The second kappa shape index (κ2) is 4.13. The third kappa shape index (κ3) is 2.15. The lowest BCUT2D eigenvalue weighted by molar-refractivity contribution is -0.117. The van der Waals surface area contributed by atoms with E-state index in [4.69, 9.17) is 0 Å². The highest BCUT2D eigenvalue weighted by molar-refractivity contribution is 8.01. The van der Waals surface area contributed by atoms with E-state index in [0.717, 1.165) is 12.1 Å². The van der Waals surface area contributed by atoms with Gasteiger partial charge in [0.2, 0.25) is 0 Å². The number of Topliss-reactive ketones (excluding diaryl/α,β-unsaturated/α-hetero) is 1. The predicted molar refractivity (Wildman–Crippen MR) is 58.4 cm³/mol. The zero-order valence-corrected chi connectivity index (χ0v) is 8.96. The molecule has 2 unspecified atom stereocenters. The average molecular weight is 207 g/mol. The van der Waals surface area contributed by atoms with Crippen molar-refractivity contribution in [3.63, 3.8) is 0 Å². The fourth-order valence-corrected chi connectivity index (χ4v) is 3.03. The van der Waals surface area contributed by atoms with Gasteiger partial charge in [-0.3, -0.25) is 9.78 Å². The van der Waals surface area contributed by atoms with Gasteiger partial charge in [0, 0.05) is 30.0 Å². The molecule has 0 bridgehead atoms. The van der Waals surface area contributed by atoms with Gasteiger partial charge in [0.15, 0.2) is 0 Å². The molecule has 1 saturated heterocycles. The van der Waals surface area contributed by atoms with Crippen LogP contribution >= 0.6 is 11.8 Å². The van der Waals surface area contributed by atoms with E-state index in [1.807, 2.05) is 25.1 Å². The molecular formula is C11H13NOS. The van der Waals surface area contributed by atoms with Crippen LogP contribution in [0.1, 0.15) is 19.0 Å². The predicted octanol–water partition coefficient (Wildman–Crippen LogP) is 2.09. The molecule has 0 N–H and O–H groups in total. The highest BCUT2D eigenvalue weighted by Gasteiger charge is 2.29. The molecule has 1 fully saturated rings. The molecule has 1 aliphatic rings. The highest BCUT2D eigenvalue weighted by atomic mass is 32.2. The number of nitrogens with zero attached hydrogens (tertiary/aromatic N) is 1. The Morgan fingerprint density at radius 3 is 3.00 bits per heavy atom. The summed E-state index contributed by atoms with van der Waals surface area (Å²) >= 11 is 1.78. The Kier molecular flexibility index (Phi) is 2.87. The number of pyridine rings is 1. The number of hydrogen-bond donors (Lipinski definition) is 0. The molecule has 1 aliphatic heterocycles. The van der Waals surface area contributed by atoms with Crippen LogP contribution in [0.2, 0.25) is 0 Å². The molecule has 2 rings (SSSR count). The lowest BCUT2D eigenvalue weighted by Gasteiger charge is -2.06. The molecule has 0 spiro atoms. The summed E-state index contributed by atoms with van der Waals surface area (Å²) in [6, 6.07) is 5.93. The standard InChI is InChI=1S/C11H13NOS/c1-8-11(13)7-10(14-8)6-9-4-2-3-5-12-9/h2-5,8,10H,6-7H2,1H3. The maximum atomic E-state index is 11.3. The summed E-state index contributed by atoms with van der Waals surface area (Å²) in [5, 5.41) is 0.621. The number of carbonyl (C=O) groups excluding carboxylic acids is 1. The molecular weight excluding hydrogens is 194 g/mol. The summed E-state index contributed by atoms with van der Waals surface area (Å²) in [6.45, 7) is 1.99. The second-order valence-corrected chi connectivity index (χ2v) is 5.24. The highest BCUT2D eigenvalue weighted by Crippen LogP contribution is 2.32. The first-order valence-electron chi connectivity index (χ1n) is 4.84. The first-order chi connectivity index (χ1) is 6.75. The van der Waals surface area contributed by atoms with Crippen molar-refractivity contribution in [1.82, 2.24) is 4.98 Å². The van der Waals surface area contributed by atoms with Crippen LogP contribution in [0.4, 0.5) is 0 Å². The molecule has 14 heavy (non-hydrogen) atoms. The Labute approximate surface area is 88.1 Å². The molecule has 0 amide bonds. The Morgan fingerprint density at radius 1 is 1.57 bits per heavy atom. The molecule has 0 aliphatic carbocycles. The second-order valence-electron chi connectivity index (χ2n) is 3.60. The number of thioether (sulfide) groups is 1. The maximum absolute atomic E-state index is 11.3. The molecule has 2 atom stereocenters. The number of ketones is 1. The van der Waals surface area contributed by atoms with E-state index in [9.17, 15) is 4.79 Å². The summed E-state index contributed by atoms with van der Waals surface area (Å²) in [5.41, 5.74) is 1.09. The normalized spacial score (nSPS) is 26.8. The number of rotatable bonds is 2. The fourth-order valence-electron chi connectivity index (χ4n) is 1.68. The number of carbonyl (C=O) groups is 1. The van der Waals surface area contributed by atoms with Crippen molar-refractivity contribution in [1.29, 1.82) is 0 Å². The minimum atomic E-state index is 0.184. The van der Waals surface area contributed by atoms with Crippen molar-refractivity contribution >= 4 is 17.5 Å². The quantitative estimate of drug-likeness (QED) is 0.743. The third-order valence-electron chi connectivity index (χ3n) is 2.44. The van der Waals surface area contributed by atoms with Crippen LogP contribution in [-0.4, -0.2) is 21.3 Å². The van der Waals surface area contributed by atoms with Gasteiger partial charge in [-0.1, -0.05) is 6.07 Å². The molecule has 0 radical (unpaired) electrons. The number of hydrogen-bond acceptors (Lipinski definition) is 3. The van der Waals surface area contributed by atoms with Crippen LogP contribution in [0.3, 0.4) is 0 Å². The van der Waals surface area contributed by atoms with Gasteiger partial charge in [0.25, 0.3) is 0 Å². The summed E-state index contributed by atoms with van der Waals surface area (Å²) < 4.78 is 0. The Bertz CT molecular complexity index is 325. The zero-order valence-electron chi connectivity index (χ0n) is 8.14. The Balaban J connectivity index is 1.97. The molecule has 0 aromatic carbocycles. The van der Waals surface area contributed by atoms with Gasteiger partial charge in [-0.25, -0.2) is 0 Å². The van der Waals surface area contributed by atoms with Crippen LogP contribution in [0.5, 0.6) is 0 Å². The Morgan fingerprint density at radius 2 is 2.43 bits per heavy atom. The lowest BCUT2D eigenvalue weighted by Crippen LogP contribution is -2.06. The summed E-state index contributed by atoms with van der Waals surface area (Å²) in [6.07, 6.45) is 3.43. The van der Waals surface area contributed by atoms with E-state index < -0.39 is 0 Å². The van der Waals surface area contributed by atoms with Crippen molar-refractivity contribution in [3.8, 4) is 0 Å². The zero-order chi connectivity index (χ0) is 9.97. The van der Waals surface area contributed by atoms with E-state index in [1.54, 1.807) is 18.0 Å². The van der Waals surface area contributed by atoms with Gasteiger partial charge >= 0.3 is 0 Å². The summed E-state index contributed by atoms with van der Waals surface area (Å²) in [5.74, 6) is 0.385. The van der Waals surface area contributed by atoms with Crippen molar-refractivity contribution in [3.05, 3.63) is 30.1 Å². The van der Waals surface area contributed by atoms with Crippen LogP contribution in [0, 0.1) is 0 Å². The average Bonchev–Trinajstić information content (AvgIpc) is 2.47. The number of aromatic nitrogens is 1. The van der Waals surface area contributed by atoms with E-state index in [1.165, 1.54) is 0 Å². The minimum absolute atomic E-state index is 0.184. The van der Waals surface area contributed by atoms with Crippen LogP contribution in [0.25, 0.3) is 0 Å². The molecule has 0 saturated carbocycles. The lowest BCUT2D eigenvalue weighted by atomic mass is 10.1. The smallest absolute Gasteiger partial charge is 0.146 e. The summed E-state index contributed by atoms with van der Waals surface area (Å²) in [7, 11) is 0. The van der Waals surface area contributed by atoms with Crippen LogP contribution in [-0.2, 0) is 11.2 Å². The van der Waals surface area contributed by atoms with E-state index in [-0.39, 0.29) is 5.25 Å². The van der Waals surface area contributed by atoms with Crippen LogP contribution < -0.4 is 0 Å². The topological polar surface area (TPSA) is 30.0 Å². The van der Waals surface area contributed by atoms with Crippen molar-refractivity contribution in [2.45, 2.75) is 30.3 Å². The van der Waals surface area contributed by atoms with Crippen molar-refractivity contribution in [2.24, 2.45) is 0 Å². The van der Waals surface area contributed by atoms with Gasteiger partial charge in [-0.2, -0.15) is 0 Å². The summed E-state index contributed by atoms with van der Waals surface area (Å²) in [4.78, 5) is 15.6. The maximum Gasteiger partial charge on any atom is 0.146 e. The molecule has 2 nitrogen and oxygen atoms in total. The van der Waals surface area contributed by atoms with E-state index in [0.29, 0.717) is 17.5 Å². The van der Waals surface area contributed by atoms with Gasteiger partial charge in [0.1, 0.15) is 5.78 Å². The monoisotopic (exact) mass is 207 g/mol. The van der Waals surface area contributed by atoms with Gasteiger partial charge in [0.05, 0.1) is 5.25 Å². The first-order valence-corrected chi connectivity index (χ1v) is 5.78. The molecule has 1 aromatic heterocycles. The molecule has 1 aromatic rings. The van der Waals surface area contributed by atoms with Gasteiger partial charge in [-0.15, -0.1) is 11.8 Å². The Hall–Kier alpha value is -0.830. The van der Waals surface area contributed by atoms with Crippen LogP contribution in [0.15, 0.2) is 24.4 Å². The SMILES string of the molecule is CC1SC(Cc2ccccn2)CC1=O. The van der Waals surface area contributed by atoms with E-state index in [2.05, 4.69) is 4.98 Å². The molecule has 2 heterocycles. The minimum Gasteiger partial charge on any atom is -0.298 e. The fraction of sp³-hybridized carbons (Fsp3) is 0.455. The van der Waals surface area contributed by atoms with Crippen molar-refractivity contribution in [2.75, 3.05) is 0 Å². The molecule has 3 heteroatoms. The molecule has 74 valence electrons. The first kappa shape index (κ1) is 9.71. The van der Waals surface area contributed by atoms with Crippen molar-refractivity contribution < 1.29 is 4.79 Å². The largest absolute Gasteiger partial charge is 0.298 e. The van der Waals surface area contributed by atoms with E-state index >= 15 is 0 Å². The van der Waals surface area contributed by atoms with Gasteiger partial charge in [-0.05, 0) is 19.1 Å².